The lowest BCUT2D eigenvalue weighted by atomic mass is 9.80. The van der Waals surface area contributed by atoms with E-state index in [4.69, 9.17) is 5.26 Å². The standard InChI is InChI=1S/C18H23N3O2S/c1-13(22)21-15-6-4-7-16(11-15)24-12-14-5-2-3-8-17(14)18(23)20-10-9-19/h4,6-7,11,14,17H,2-3,5,8,10,12H2,1H3,(H,20,23)(H,21,22). The minimum atomic E-state index is -0.0846. The van der Waals surface area contributed by atoms with Gasteiger partial charge in [-0.2, -0.15) is 5.26 Å². The molecule has 1 fully saturated rings. The Morgan fingerprint density at radius 2 is 2.12 bits per heavy atom. The minimum absolute atomic E-state index is 0.00173. The summed E-state index contributed by atoms with van der Waals surface area (Å²) in [6, 6.07) is 9.72. The number of rotatable bonds is 6. The van der Waals surface area contributed by atoms with Gasteiger partial charge >= 0.3 is 0 Å². The van der Waals surface area contributed by atoms with Gasteiger partial charge in [0.25, 0.3) is 0 Å². The highest BCUT2D eigenvalue weighted by molar-refractivity contribution is 7.99. The molecule has 1 aromatic carbocycles. The van der Waals surface area contributed by atoms with Crippen LogP contribution in [0.3, 0.4) is 0 Å². The molecule has 2 unspecified atom stereocenters. The largest absolute Gasteiger partial charge is 0.343 e. The van der Waals surface area contributed by atoms with Crippen LogP contribution in [-0.4, -0.2) is 24.1 Å². The number of thioether (sulfide) groups is 1. The molecule has 2 rings (SSSR count). The van der Waals surface area contributed by atoms with Crippen molar-refractivity contribution in [2.45, 2.75) is 37.5 Å². The smallest absolute Gasteiger partial charge is 0.224 e. The van der Waals surface area contributed by atoms with E-state index in [1.54, 1.807) is 11.8 Å². The average molecular weight is 345 g/mol. The quantitative estimate of drug-likeness (QED) is 0.613. The predicted molar refractivity (Wildman–Crippen MR) is 95.5 cm³/mol. The first-order chi connectivity index (χ1) is 11.6. The highest BCUT2D eigenvalue weighted by Crippen LogP contribution is 2.35. The van der Waals surface area contributed by atoms with Crippen LogP contribution in [0.25, 0.3) is 0 Å². The maximum absolute atomic E-state index is 12.2. The van der Waals surface area contributed by atoms with Gasteiger partial charge in [0.2, 0.25) is 11.8 Å². The van der Waals surface area contributed by atoms with Gasteiger partial charge in [-0.3, -0.25) is 9.59 Å². The lowest BCUT2D eigenvalue weighted by Gasteiger charge is -2.30. The van der Waals surface area contributed by atoms with E-state index in [2.05, 4.69) is 10.6 Å². The maximum atomic E-state index is 12.2. The molecular formula is C18H23N3O2S. The van der Waals surface area contributed by atoms with Crippen molar-refractivity contribution in [2.24, 2.45) is 11.8 Å². The first-order valence-corrected chi connectivity index (χ1v) is 9.24. The first-order valence-electron chi connectivity index (χ1n) is 8.25. The number of carbonyl (C=O) groups excluding carboxylic acids is 2. The van der Waals surface area contributed by atoms with Crippen molar-refractivity contribution in [3.8, 4) is 6.07 Å². The molecule has 2 N–H and O–H groups in total. The predicted octanol–water partition coefficient (Wildman–Crippen LogP) is 3.18. The van der Waals surface area contributed by atoms with Gasteiger partial charge in [0.15, 0.2) is 0 Å². The highest BCUT2D eigenvalue weighted by Gasteiger charge is 2.30. The van der Waals surface area contributed by atoms with Gasteiger partial charge in [0.05, 0.1) is 6.07 Å². The number of anilines is 1. The number of nitriles is 1. The second kappa shape index (κ2) is 9.33. The monoisotopic (exact) mass is 345 g/mol. The average Bonchev–Trinajstić information content (AvgIpc) is 2.58. The van der Waals surface area contributed by atoms with Gasteiger partial charge < -0.3 is 10.6 Å². The summed E-state index contributed by atoms with van der Waals surface area (Å²) in [5, 5.41) is 14.1. The Hall–Kier alpha value is -2.00. The third-order valence-corrected chi connectivity index (χ3v) is 5.39. The van der Waals surface area contributed by atoms with E-state index >= 15 is 0 Å². The molecule has 24 heavy (non-hydrogen) atoms. The minimum Gasteiger partial charge on any atom is -0.343 e. The van der Waals surface area contributed by atoms with Crippen LogP contribution in [0.2, 0.25) is 0 Å². The lowest BCUT2D eigenvalue weighted by molar-refractivity contribution is -0.127. The van der Waals surface area contributed by atoms with Crippen LogP contribution >= 0.6 is 11.8 Å². The molecule has 1 aliphatic carbocycles. The maximum Gasteiger partial charge on any atom is 0.224 e. The Labute approximate surface area is 147 Å². The van der Waals surface area contributed by atoms with Crippen LogP contribution in [0, 0.1) is 23.2 Å². The number of amides is 2. The molecule has 128 valence electrons. The van der Waals surface area contributed by atoms with Gasteiger partial charge in [-0.05, 0) is 37.0 Å². The SMILES string of the molecule is CC(=O)Nc1cccc(SCC2CCCCC2C(=O)NCC#N)c1. The Balaban J connectivity index is 1.94. The second-order valence-corrected chi connectivity index (χ2v) is 7.14. The molecule has 1 aromatic rings. The van der Waals surface area contributed by atoms with Crippen LogP contribution in [0.4, 0.5) is 5.69 Å². The van der Waals surface area contributed by atoms with Crippen LogP contribution in [-0.2, 0) is 9.59 Å². The summed E-state index contributed by atoms with van der Waals surface area (Å²) in [5.74, 6) is 1.12. The van der Waals surface area contributed by atoms with E-state index in [1.807, 2.05) is 30.3 Å². The van der Waals surface area contributed by atoms with E-state index < -0.39 is 0 Å². The third kappa shape index (κ3) is 5.57. The van der Waals surface area contributed by atoms with Crippen LogP contribution in [0.15, 0.2) is 29.2 Å². The Kier molecular flexibility index (Phi) is 7.13. The van der Waals surface area contributed by atoms with E-state index in [1.165, 1.54) is 6.92 Å². The summed E-state index contributed by atoms with van der Waals surface area (Å²) >= 11 is 1.72. The highest BCUT2D eigenvalue weighted by atomic mass is 32.2. The van der Waals surface area contributed by atoms with E-state index in [0.717, 1.165) is 42.0 Å². The van der Waals surface area contributed by atoms with Crippen LogP contribution in [0.5, 0.6) is 0 Å². The molecule has 1 aliphatic rings. The Morgan fingerprint density at radius 1 is 1.33 bits per heavy atom. The normalized spacial score (nSPS) is 20.0. The topological polar surface area (TPSA) is 82.0 Å². The number of carbonyl (C=O) groups is 2. The van der Waals surface area contributed by atoms with Gasteiger partial charge in [-0.15, -0.1) is 11.8 Å². The Morgan fingerprint density at radius 3 is 2.88 bits per heavy atom. The van der Waals surface area contributed by atoms with Gasteiger partial charge in [0, 0.05) is 29.2 Å². The molecule has 0 heterocycles. The zero-order chi connectivity index (χ0) is 17.4. The molecule has 2 amide bonds. The fourth-order valence-corrected chi connectivity index (χ4v) is 4.27. The number of benzene rings is 1. The van der Waals surface area contributed by atoms with E-state index in [0.29, 0.717) is 5.92 Å². The zero-order valence-corrected chi connectivity index (χ0v) is 14.7. The number of nitrogens with one attached hydrogen (secondary N) is 2. The fourth-order valence-electron chi connectivity index (χ4n) is 3.08. The fraction of sp³-hybridized carbons (Fsp3) is 0.500. The molecule has 6 heteroatoms. The molecule has 0 bridgehead atoms. The lowest BCUT2D eigenvalue weighted by Crippen LogP contribution is -2.37. The summed E-state index contributed by atoms with van der Waals surface area (Å²) in [7, 11) is 0. The number of hydrogen-bond acceptors (Lipinski definition) is 4. The molecule has 0 saturated heterocycles. The van der Waals surface area contributed by atoms with Crippen molar-refractivity contribution in [3.05, 3.63) is 24.3 Å². The molecule has 2 atom stereocenters. The third-order valence-electron chi connectivity index (χ3n) is 4.21. The van der Waals surface area contributed by atoms with Crippen molar-refractivity contribution in [1.82, 2.24) is 5.32 Å². The summed E-state index contributed by atoms with van der Waals surface area (Å²) in [6.07, 6.45) is 4.17. The first kappa shape index (κ1) is 18.3. The molecular weight excluding hydrogens is 322 g/mol. The molecule has 5 nitrogen and oxygen atoms in total. The summed E-state index contributed by atoms with van der Waals surface area (Å²) in [4.78, 5) is 24.5. The van der Waals surface area contributed by atoms with Crippen molar-refractivity contribution < 1.29 is 9.59 Å². The second-order valence-electron chi connectivity index (χ2n) is 6.05. The molecule has 0 aromatic heterocycles. The van der Waals surface area contributed by atoms with Crippen LogP contribution in [0.1, 0.15) is 32.6 Å². The van der Waals surface area contributed by atoms with Gasteiger partial charge in [-0.25, -0.2) is 0 Å². The summed E-state index contributed by atoms with van der Waals surface area (Å²) in [6.45, 7) is 1.57. The van der Waals surface area contributed by atoms with Crippen molar-refractivity contribution in [2.75, 3.05) is 17.6 Å². The van der Waals surface area contributed by atoms with Crippen molar-refractivity contribution in [1.29, 1.82) is 5.26 Å². The van der Waals surface area contributed by atoms with Gasteiger partial charge in [0.1, 0.15) is 6.54 Å². The van der Waals surface area contributed by atoms with E-state index in [9.17, 15) is 9.59 Å². The van der Waals surface area contributed by atoms with Crippen molar-refractivity contribution in [3.63, 3.8) is 0 Å². The molecule has 1 saturated carbocycles. The van der Waals surface area contributed by atoms with Gasteiger partial charge in [-0.1, -0.05) is 18.9 Å². The Bertz CT molecular complexity index is 627. The zero-order valence-electron chi connectivity index (χ0n) is 13.9. The summed E-state index contributed by atoms with van der Waals surface area (Å²) < 4.78 is 0. The van der Waals surface area contributed by atoms with Crippen molar-refractivity contribution >= 4 is 29.3 Å². The molecule has 0 spiro atoms. The van der Waals surface area contributed by atoms with E-state index in [-0.39, 0.29) is 24.3 Å². The number of nitrogens with zero attached hydrogens (tertiary/aromatic N) is 1. The summed E-state index contributed by atoms with van der Waals surface area (Å²) in [5.41, 5.74) is 0.791. The number of hydrogen-bond donors (Lipinski definition) is 2. The molecule has 0 radical (unpaired) electrons. The molecule has 0 aliphatic heterocycles. The van der Waals surface area contributed by atoms with Crippen LogP contribution < -0.4 is 10.6 Å².